The number of thiazole rings is 1. The van der Waals surface area contributed by atoms with Gasteiger partial charge in [0.25, 0.3) is 23.0 Å². The second-order valence-corrected chi connectivity index (χ2v) is 6.53. The molecule has 0 unspecified atom stereocenters. The van der Waals surface area contributed by atoms with E-state index in [2.05, 4.69) is 4.99 Å². The van der Waals surface area contributed by atoms with Crippen LogP contribution in [0.25, 0.3) is 10.2 Å². The molecule has 1 heterocycles. The molecule has 0 saturated carbocycles. The van der Waals surface area contributed by atoms with Crippen molar-refractivity contribution in [2.75, 3.05) is 0 Å². The van der Waals surface area contributed by atoms with E-state index in [9.17, 15) is 35.1 Å². The normalized spacial score (nSPS) is 11.5. The zero-order chi connectivity index (χ0) is 20.6. The van der Waals surface area contributed by atoms with E-state index in [-0.39, 0.29) is 16.1 Å². The number of hydrogen-bond donors (Lipinski definition) is 0. The van der Waals surface area contributed by atoms with E-state index in [0.29, 0.717) is 10.2 Å². The Balaban J connectivity index is 2.12. The fraction of sp³-hybridized carbons (Fsp3) is 0.0667. The Bertz CT molecular complexity index is 1210. The molecule has 2 aromatic carbocycles. The lowest BCUT2D eigenvalue weighted by molar-refractivity contribution is -0.394. The maximum atomic E-state index is 12.4. The summed E-state index contributed by atoms with van der Waals surface area (Å²) in [5, 5.41) is 32.8. The molecule has 13 heteroatoms. The smallest absolute Gasteiger partial charge is 0.280 e. The summed E-state index contributed by atoms with van der Waals surface area (Å²) in [6.45, 7) is 0. The van der Waals surface area contributed by atoms with Crippen molar-refractivity contribution in [3.05, 3.63) is 77.1 Å². The summed E-state index contributed by atoms with van der Waals surface area (Å²) >= 11 is 1.07. The van der Waals surface area contributed by atoms with E-state index >= 15 is 0 Å². The maximum absolute atomic E-state index is 12.4. The highest BCUT2D eigenvalue weighted by atomic mass is 32.1. The minimum atomic E-state index is -0.913. The van der Waals surface area contributed by atoms with Gasteiger partial charge < -0.3 is 4.57 Å². The molecule has 0 aliphatic carbocycles. The van der Waals surface area contributed by atoms with Crippen LogP contribution in [0.15, 0.2) is 41.4 Å². The zero-order valence-electron chi connectivity index (χ0n) is 14.0. The van der Waals surface area contributed by atoms with Gasteiger partial charge in [0.15, 0.2) is 4.80 Å². The second-order valence-electron chi connectivity index (χ2n) is 5.52. The Morgan fingerprint density at radius 1 is 0.929 bits per heavy atom. The number of aromatic nitrogens is 1. The third-order valence-electron chi connectivity index (χ3n) is 3.77. The molecule has 142 valence electrons. The molecule has 0 atom stereocenters. The lowest BCUT2D eigenvalue weighted by Gasteiger charge is -1.98. The predicted molar refractivity (Wildman–Crippen MR) is 97.1 cm³/mol. The molecule has 0 radical (unpaired) electrons. The summed E-state index contributed by atoms with van der Waals surface area (Å²) < 4.78 is 2.08. The van der Waals surface area contributed by atoms with Crippen LogP contribution in [-0.4, -0.2) is 25.2 Å². The second kappa shape index (κ2) is 6.96. The van der Waals surface area contributed by atoms with Gasteiger partial charge in [0.1, 0.15) is 0 Å². The van der Waals surface area contributed by atoms with Crippen molar-refractivity contribution in [1.29, 1.82) is 0 Å². The van der Waals surface area contributed by atoms with Crippen molar-refractivity contribution in [1.82, 2.24) is 4.57 Å². The van der Waals surface area contributed by atoms with E-state index in [4.69, 9.17) is 0 Å². The number of aryl methyl sites for hydroxylation is 1. The Morgan fingerprint density at radius 3 is 2.04 bits per heavy atom. The van der Waals surface area contributed by atoms with Crippen molar-refractivity contribution >= 4 is 44.5 Å². The first kappa shape index (κ1) is 18.8. The summed E-state index contributed by atoms with van der Waals surface area (Å²) in [5.41, 5.74) is -1.19. The average Bonchev–Trinajstić information content (AvgIpc) is 2.96. The van der Waals surface area contributed by atoms with Crippen molar-refractivity contribution in [3.63, 3.8) is 0 Å². The summed E-state index contributed by atoms with van der Waals surface area (Å²) in [4.78, 5) is 47.1. The minimum Gasteiger partial charge on any atom is -0.319 e. The summed E-state index contributed by atoms with van der Waals surface area (Å²) in [7, 11) is 1.55. The molecular weight excluding hydrogens is 394 g/mol. The molecule has 3 aromatic rings. The number of benzene rings is 2. The summed E-state index contributed by atoms with van der Waals surface area (Å²) in [6, 6.07) is 6.70. The van der Waals surface area contributed by atoms with Crippen LogP contribution >= 0.6 is 11.3 Å². The van der Waals surface area contributed by atoms with Gasteiger partial charge in [0.05, 0.1) is 36.6 Å². The standard InChI is InChI=1S/C15H9N5O7S/c1-17-12-7-9(18(22)23)2-3-13(12)28-15(17)16-14(21)8-4-10(19(24)25)6-11(5-8)20(26)27/h2-7H,1H3. The topological polar surface area (TPSA) is 164 Å². The molecule has 1 amide bonds. The molecule has 28 heavy (non-hydrogen) atoms. The molecule has 0 saturated heterocycles. The number of nitro benzene ring substituents is 3. The number of non-ortho nitro benzene ring substituents is 3. The van der Waals surface area contributed by atoms with E-state index < -0.39 is 32.1 Å². The Labute approximate surface area is 158 Å². The fourth-order valence-corrected chi connectivity index (χ4v) is 3.41. The lowest BCUT2D eigenvalue weighted by atomic mass is 10.1. The molecule has 0 fully saturated rings. The largest absolute Gasteiger partial charge is 0.319 e. The van der Waals surface area contributed by atoms with Crippen LogP contribution in [-0.2, 0) is 7.05 Å². The highest BCUT2D eigenvalue weighted by molar-refractivity contribution is 7.16. The maximum Gasteiger partial charge on any atom is 0.280 e. The first-order chi connectivity index (χ1) is 13.2. The molecule has 12 nitrogen and oxygen atoms in total. The minimum absolute atomic E-state index is 0.131. The van der Waals surface area contributed by atoms with Crippen LogP contribution in [0.3, 0.4) is 0 Å². The SMILES string of the molecule is Cn1c(=NC(=O)c2cc([N+](=O)[O-])cc([N+](=O)[O-])c2)sc2ccc([N+](=O)[O-])cc21. The third kappa shape index (κ3) is 3.45. The van der Waals surface area contributed by atoms with Crippen LogP contribution in [0, 0.1) is 30.3 Å². The molecule has 0 spiro atoms. The number of rotatable bonds is 4. The molecular formula is C15H9N5O7S. The van der Waals surface area contributed by atoms with Crippen LogP contribution in [0.5, 0.6) is 0 Å². The first-order valence-electron chi connectivity index (χ1n) is 7.44. The van der Waals surface area contributed by atoms with Gasteiger partial charge in [-0.25, -0.2) is 0 Å². The van der Waals surface area contributed by atoms with E-state index in [1.165, 1.54) is 22.8 Å². The van der Waals surface area contributed by atoms with Crippen molar-refractivity contribution < 1.29 is 19.6 Å². The molecule has 3 rings (SSSR count). The van der Waals surface area contributed by atoms with Gasteiger partial charge >= 0.3 is 0 Å². The highest BCUT2D eigenvalue weighted by Crippen LogP contribution is 2.24. The third-order valence-corrected chi connectivity index (χ3v) is 4.88. The van der Waals surface area contributed by atoms with E-state index in [1.54, 1.807) is 7.05 Å². The van der Waals surface area contributed by atoms with Gasteiger partial charge in [-0.1, -0.05) is 11.3 Å². The van der Waals surface area contributed by atoms with Crippen molar-refractivity contribution in [3.8, 4) is 0 Å². The highest BCUT2D eigenvalue weighted by Gasteiger charge is 2.20. The summed E-state index contributed by atoms with van der Waals surface area (Å²) in [6.07, 6.45) is 0. The van der Waals surface area contributed by atoms with Gasteiger partial charge in [-0.2, -0.15) is 4.99 Å². The van der Waals surface area contributed by atoms with E-state index in [1.807, 2.05) is 0 Å². The van der Waals surface area contributed by atoms with Crippen molar-refractivity contribution in [2.45, 2.75) is 0 Å². The van der Waals surface area contributed by atoms with Gasteiger partial charge in [0, 0.05) is 31.3 Å². The van der Waals surface area contributed by atoms with E-state index in [0.717, 1.165) is 29.5 Å². The van der Waals surface area contributed by atoms with Crippen LogP contribution in [0.1, 0.15) is 10.4 Å². The van der Waals surface area contributed by atoms with Gasteiger partial charge in [-0.3, -0.25) is 35.1 Å². The number of carbonyl (C=O) groups excluding carboxylic acids is 1. The number of nitro groups is 3. The molecule has 0 aliphatic rings. The number of fused-ring (bicyclic) bond motifs is 1. The monoisotopic (exact) mass is 403 g/mol. The first-order valence-corrected chi connectivity index (χ1v) is 8.26. The number of nitrogens with zero attached hydrogens (tertiary/aromatic N) is 5. The van der Waals surface area contributed by atoms with Gasteiger partial charge in [0.2, 0.25) is 0 Å². The van der Waals surface area contributed by atoms with Crippen LogP contribution in [0.2, 0.25) is 0 Å². The van der Waals surface area contributed by atoms with Crippen LogP contribution in [0.4, 0.5) is 17.1 Å². The van der Waals surface area contributed by atoms with Crippen LogP contribution < -0.4 is 4.80 Å². The van der Waals surface area contributed by atoms with Gasteiger partial charge in [-0.15, -0.1) is 0 Å². The molecule has 0 N–H and O–H groups in total. The van der Waals surface area contributed by atoms with Gasteiger partial charge in [-0.05, 0) is 6.07 Å². The fourth-order valence-electron chi connectivity index (χ4n) is 2.42. The zero-order valence-corrected chi connectivity index (χ0v) is 14.8. The number of carbonyl (C=O) groups is 1. The Hall–Kier alpha value is -4.00. The molecule has 0 aliphatic heterocycles. The Kier molecular flexibility index (Phi) is 4.67. The number of hydrogen-bond acceptors (Lipinski definition) is 8. The average molecular weight is 403 g/mol. The summed E-state index contributed by atoms with van der Waals surface area (Å²) in [5.74, 6) is -0.913. The quantitative estimate of drug-likeness (QED) is 0.477. The molecule has 1 aromatic heterocycles. The molecule has 0 bridgehead atoms. The lowest BCUT2D eigenvalue weighted by Crippen LogP contribution is -2.13. The predicted octanol–water partition coefficient (Wildman–Crippen LogP) is 2.71. The van der Waals surface area contributed by atoms with Crippen molar-refractivity contribution in [2.24, 2.45) is 12.0 Å². The number of amides is 1. The Morgan fingerprint density at radius 2 is 1.50 bits per heavy atom.